The second kappa shape index (κ2) is 7.16. The second-order valence-electron chi connectivity index (χ2n) is 3.91. The first-order valence-corrected chi connectivity index (χ1v) is 6.02. The van der Waals surface area contributed by atoms with Crippen molar-refractivity contribution in [1.82, 2.24) is 10.6 Å². The molecule has 0 aliphatic carbocycles. The van der Waals surface area contributed by atoms with Gasteiger partial charge in [-0.15, -0.1) is 0 Å². The van der Waals surface area contributed by atoms with Gasteiger partial charge in [0.05, 0.1) is 0 Å². The number of nitrogens with zero attached hydrogens (tertiary/aromatic N) is 1. The normalized spacial score (nSPS) is 11.1. The zero-order chi connectivity index (χ0) is 15.1. The molecule has 0 aromatic heterocycles. The van der Waals surface area contributed by atoms with Gasteiger partial charge >= 0.3 is 6.03 Å². The lowest BCUT2D eigenvalue weighted by atomic mass is 10.2. The maximum absolute atomic E-state index is 11.5. The van der Waals surface area contributed by atoms with Gasteiger partial charge in [-0.05, 0) is 24.6 Å². The minimum Gasteiger partial charge on any atom is -0.383 e. The number of benzene rings is 1. The third-order valence-corrected chi connectivity index (χ3v) is 2.67. The third-order valence-electron chi connectivity index (χ3n) is 2.42. The molecule has 0 radical (unpaired) electrons. The number of carbonyl (C=O) groups is 2. The third kappa shape index (κ3) is 4.63. The number of primary amides is 1. The Morgan fingerprint density at radius 1 is 1.35 bits per heavy atom. The SMILES string of the molecule is C/C(NCc1ccc(Cl)cc1)=C(/C#N)C(=O)NC(N)=O. The zero-order valence-corrected chi connectivity index (χ0v) is 11.5. The van der Waals surface area contributed by atoms with Crippen LogP contribution in [0.2, 0.25) is 5.02 Å². The molecule has 0 spiro atoms. The molecule has 0 bridgehead atoms. The van der Waals surface area contributed by atoms with E-state index in [2.05, 4.69) is 5.32 Å². The van der Waals surface area contributed by atoms with Crippen LogP contribution in [0.25, 0.3) is 0 Å². The highest BCUT2D eigenvalue weighted by Gasteiger charge is 2.14. The summed E-state index contributed by atoms with van der Waals surface area (Å²) in [5.41, 5.74) is 5.91. The van der Waals surface area contributed by atoms with Crippen LogP contribution < -0.4 is 16.4 Å². The fraction of sp³-hybridized carbons (Fsp3) is 0.154. The maximum atomic E-state index is 11.5. The van der Waals surface area contributed by atoms with Crippen LogP contribution in [0.1, 0.15) is 12.5 Å². The molecule has 0 heterocycles. The van der Waals surface area contributed by atoms with Crippen LogP contribution in [0, 0.1) is 11.3 Å². The van der Waals surface area contributed by atoms with E-state index in [-0.39, 0.29) is 5.57 Å². The van der Waals surface area contributed by atoms with E-state index in [0.717, 1.165) is 5.56 Å². The molecular formula is C13H13ClN4O2. The van der Waals surface area contributed by atoms with E-state index in [0.29, 0.717) is 17.3 Å². The van der Waals surface area contributed by atoms with E-state index in [4.69, 9.17) is 22.6 Å². The summed E-state index contributed by atoms with van der Waals surface area (Å²) in [5.74, 6) is -0.832. The van der Waals surface area contributed by atoms with Crippen LogP contribution in [0.15, 0.2) is 35.5 Å². The van der Waals surface area contributed by atoms with Crippen molar-refractivity contribution in [2.24, 2.45) is 5.73 Å². The fourth-order valence-electron chi connectivity index (χ4n) is 1.40. The summed E-state index contributed by atoms with van der Waals surface area (Å²) >= 11 is 5.77. The molecule has 1 aromatic carbocycles. The summed E-state index contributed by atoms with van der Waals surface area (Å²) in [5, 5.41) is 14.3. The van der Waals surface area contributed by atoms with Gasteiger partial charge < -0.3 is 11.1 Å². The number of nitriles is 1. The molecule has 1 rings (SSSR count). The van der Waals surface area contributed by atoms with E-state index in [1.807, 2.05) is 17.4 Å². The Balaban J connectivity index is 2.75. The van der Waals surface area contributed by atoms with Crippen LogP contribution in [0.3, 0.4) is 0 Å². The molecule has 0 unspecified atom stereocenters. The van der Waals surface area contributed by atoms with Gasteiger partial charge in [0.1, 0.15) is 11.6 Å². The Hall–Kier alpha value is -2.52. The molecule has 1 aromatic rings. The first kappa shape index (κ1) is 15.5. The van der Waals surface area contributed by atoms with Crippen LogP contribution >= 0.6 is 11.6 Å². The van der Waals surface area contributed by atoms with Crippen LogP contribution in [-0.2, 0) is 11.3 Å². The van der Waals surface area contributed by atoms with Crippen molar-refractivity contribution in [3.63, 3.8) is 0 Å². The molecular weight excluding hydrogens is 280 g/mol. The fourth-order valence-corrected chi connectivity index (χ4v) is 1.53. The highest BCUT2D eigenvalue weighted by atomic mass is 35.5. The minimum absolute atomic E-state index is 0.197. The molecule has 0 saturated heterocycles. The Bertz CT molecular complexity index is 587. The second-order valence-corrected chi connectivity index (χ2v) is 4.35. The van der Waals surface area contributed by atoms with Gasteiger partial charge in [0.15, 0.2) is 0 Å². The van der Waals surface area contributed by atoms with Crippen molar-refractivity contribution >= 4 is 23.5 Å². The Morgan fingerprint density at radius 3 is 2.45 bits per heavy atom. The van der Waals surface area contributed by atoms with E-state index in [1.54, 1.807) is 25.1 Å². The number of urea groups is 1. The number of nitrogens with one attached hydrogen (secondary N) is 2. The first-order valence-electron chi connectivity index (χ1n) is 5.64. The number of hydrogen-bond donors (Lipinski definition) is 3. The summed E-state index contributed by atoms with van der Waals surface area (Å²) in [7, 11) is 0. The smallest absolute Gasteiger partial charge is 0.319 e. The molecule has 3 amide bonds. The predicted molar refractivity (Wildman–Crippen MR) is 74.3 cm³/mol. The lowest BCUT2D eigenvalue weighted by Gasteiger charge is -2.09. The van der Waals surface area contributed by atoms with E-state index >= 15 is 0 Å². The summed E-state index contributed by atoms with van der Waals surface area (Å²) in [4.78, 5) is 22.1. The standard InChI is InChI=1S/C13H13ClN4O2/c1-8(11(6-15)12(19)18-13(16)20)17-7-9-2-4-10(14)5-3-9/h2-5,17H,7H2,1H3,(H3,16,18,19,20)/b11-8+. The summed E-state index contributed by atoms with van der Waals surface area (Å²) in [6, 6.07) is 7.83. The lowest BCUT2D eigenvalue weighted by Crippen LogP contribution is -2.36. The average molecular weight is 293 g/mol. The van der Waals surface area contributed by atoms with Gasteiger partial charge in [0.2, 0.25) is 0 Å². The van der Waals surface area contributed by atoms with Gasteiger partial charge in [-0.1, -0.05) is 23.7 Å². The highest BCUT2D eigenvalue weighted by molar-refractivity contribution is 6.30. The van der Waals surface area contributed by atoms with E-state index in [1.165, 1.54) is 0 Å². The van der Waals surface area contributed by atoms with Gasteiger partial charge in [-0.25, -0.2) is 4.79 Å². The Kier molecular flexibility index (Phi) is 5.56. The summed E-state index contributed by atoms with van der Waals surface area (Å²) in [6.07, 6.45) is 0. The number of carbonyl (C=O) groups excluding carboxylic acids is 2. The number of hydrogen-bond acceptors (Lipinski definition) is 4. The zero-order valence-electron chi connectivity index (χ0n) is 10.7. The molecule has 0 saturated carbocycles. The van der Waals surface area contributed by atoms with Crippen LogP contribution in [0.4, 0.5) is 4.79 Å². The number of halogens is 1. The van der Waals surface area contributed by atoms with Crippen molar-refractivity contribution in [1.29, 1.82) is 5.26 Å². The molecule has 20 heavy (non-hydrogen) atoms. The number of allylic oxidation sites excluding steroid dienone is 1. The Morgan fingerprint density at radius 2 is 1.95 bits per heavy atom. The van der Waals surface area contributed by atoms with Gasteiger partial charge in [-0.3, -0.25) is 10.1 Å². The van der Waals surface area contributed by atoms with Crippen LogP contribution in [0.5, 0.6) is 0 Å². The van der Waals surface area contributed by atoms with Gasteiger partial charge in [0.25, 0.3) is 5.91 Å². The average Bonchev–Trinajstić information content (AvgIpc) is 2.38. The number of amides is 3. The van der Waals surface area contributed by atoms with Crippen molar-refractivity contribution < 1.29 is 9.59 Å². The van der Waals surface area contributed by atoms with Crippen molar-refractivity contribution in [2.75, 3.05) is 0 Å². The number of imide groups is 1. The summed E-state index contributed by atoms with van der Waals surface area (Å²) in [6.45, 7) is 1.98. The molecule has 104 valence electrons. The van der Waals surface area contributed by atoms with Crippen molar-refractivity contribution in [3.8, 4) is 6.07 Å². The minimum atomic E-state index is -1.01. The first-order chi connectivity index (χ1) is 9.43. The molecule has 0 aliphatic heterocycles. The number of nitrogens with two attached hydrogens (primary N) is 1. The van der Waals surface area contributed by atoms with Gasteiger partial charge in [0, 0.05) is 17.3 Å². The molecule has 0 atom stereocenters. The highest BCUT2D eigenvalue weighted by Crippen LogP contribution is 2.10. The maximum Gasteiger partial charge on any atom is 0.319 e. The van der Waals surface area contributed by atoms with E-state index in [9.17, 15) is 9.59 Å². The molecule has 6 nitrogen and oxygen atoms in total. The predicted octanol–water partition coefficient (Wildman–Crippen LogP) is 1.42. The number of rotatable bonds is 4. The van der Waals surface area contributed by atoms with Crippen molar-refractivity contribution in [3.05, 3.63) is 46.1 Å². The van der Waals surface area contributed by atoms with Crippen molar-refractivity contribution in [2.45, 2.75) is 13.5 Å². The molecule has 0 aliphatic rings. The van der Waals surface area contributed by atoms with E-state index < -0.39 is 11.9 Å². The molecule has 4 N–H and O–H groups in total. The van der Waals surface area contributed by atoms with Crippen LogP contribution in [-0.4, -0.2) is 11.9 Å². The summed E-state index contributed by atoms with van der Waals surface area (Å²) < 4.78 is 0. The Labute approximate surface area is 121 Å². The lowest BCUT2D eigenvalue weighted by molar-refractivity contribution is -0.116. The topological polar surface area (TPSA) is 108 Å². The largest absolute Gasteiger partial charge is 0.383 e. The molecule has 0 fully saturated rings. The quantitative estimate of drug-likeness (QED) is 0.576. The molecule has 7 heteroatoms. The monoisotopic (exact) mass is 292 g/mol. The van der Waals surface area contributed by atoms with Gasteiger partial charge in [-0.2, -0.15) is 5.26 Å².